The molecule has 1 aliphatic carbocycles. The van der Waals surface area contributed by atoms with Crippen LogP contribution in [-0.2, 0) is 7.05 Å². The van der Waals surface area contributed by atoms with Gasteiger partial charge >= 0.3 is 0 Å². The first-order valence-corrected chi connectivity index (χ1v) is 7.95. The zero-order valence-corrected chi connectivity index (χ0v) is 13.1. The van der Waals surface area contributed by atoms with Crippen molar-refractivity contribution in [1.29, 1.82) is 0 Å². The number of rotatable bonds is 2. The standard InChI is InChI=1S/C18H19N3O2/c1-20-16(22)8-7-15(19-20)17(23)21-11-18(12-21)9-14(10-18)13-5-3-2-4-6-13/h2-8,14H,9-12H2,1H3. The molecule has 5 nitrogen and oxygen atoms in total. The van der Waals surface area contributed by atoms with Crippen LogP contribution in [-0.4, -0.2) is 33.7 Å². The number of hydrogen-bond donors (Lipinski definition) is 0. The number of hydrogen-bond acceptors (Lipinski definition) is 3. The van der Waals surface area contributed by atoms with Gasteiger partial charge in [0.2, 0.25) is 0 Å². The van der Waals surface area contributed by atoms with Crippen LogP contribution in [0.4, 0.5) is 0 Å². The Labute approximate surface area is 134 Å². The molecule has 1 spiro atoms. The third-order valence-corrected chi connectivity index (χ3v) is 5.15. The van der Waals surface area contributed by atoms with Gasteiger partial charge in [0.15, 0.2) is 0 Å². The fraction of sp³-hybridized carbons (Fsp3) is 0.389. The zero-order valence-electron chi connectivity index (χ0n) is 13.1. The van der Waals surface area contributed by atoms with Crippen LogP contribution in [0.1, 0.15) is 34.8 Å². The molecule has 1 amide bonds. The largest absolute Gasteiger partial charge is 0.336 e. The second kappa shape index (κ2) is 5.05. The van der Waals surface area contributed by atoms with Gasteiger partial charge in [0, 0.05) is 31.6 Å². The minimum Gasteiger partial charge on any atom is -0.336 e. The molecule has 1 saturated carbocycles. The third kappa shape index (κ3) is 2.36. The van der Waals surface area contributed by atoms with Crippen LogP contribution >= 0.6 is 0 Å². The van der Waals surface area contributed by atoms with Crippen molar-refractivity contribution < 1.29 is 4.79 Å². The van der Waals surface area contributed by atoms with Crippen LogP contribution in [0.2, 0.25) is 0 Å². The molecule has 0 radical (unpaired) electrons. The Bertz CT molecular complexity index is 799. The fourth-order valence-corrected chi connectivity index (χ4v) is 3.89. The molecule has 1 aromatic heterocycles. The van der Waals surface area contributed by atoms with Gasteiger partial charge in [-0.2, -0.15) is 5.10 Å². The molecule has 118 valence electrons. The molecular formula is C18H19N3O2. The molecule has 4 rings (SSSR count). The molecule has 0 atom stereocenters. The highest BCUT2D eigenvalue weighted by molar-refractivity contribution is 5.92. The predicted octanol–water partition coefficient (Wildman–Crippen LogP) is 1.80. The highest BCUT2D eigenvalue weighted by atomic mass is 16.2. The number of aryl methyl sites for hydroxylation is 1. The lowest BCUT2D eigenvalue weighted by Crippen LogP contribution is -2.63. The SMILES string of the molecule is Cn1nc(C(=O)N2CC3(CC(c4ccccc4)C3)C2)ccc1=O. The van der Waals surface area contributed by atoms with E-state index in [4.69, 9.17) is 0 Å². The van der Waals surface area contributed by atoms with E-state index in [0.717, 1.165) is 25.9 Å². The van der Waals surface area contributed by atoms with E-state index in [1.165, 1.54) is 22.4 Å². The topological polar surface area (TPSA) is 55.2 Å². The fourth-order valence-electron chi connectivity index (χ4n) is 3.89. The quantitative estimate of drug-likeness (QED) is 0.850. The average molecular weight is 309 g/mol. The third-order valence-electron chi connectivity index (χ3n) is 5.15. The predicted molar refractivity (Wildman–Crippen MR) is 86.2 cm³/mol. The molecule has 1 saturated heterocycles. The van der Waals surface area contributed by atoms with Crippen molar-refractivity contribution >= 4 is 5.91 Å². The summed E-state index contributed by atoms with van der Waals surface area (Å²) in [6.07, 6.45) is 2.31. The number of aromatic nitrogens is 2. The molecule has 2 aromatic rings. The van der Waals surface area contributed by atoms with Gasteiger partial charge in [-0.05, 0) is 30.4 Å². The summed E-state index contributed by atoms with van der Waals surface area (Å²) in [5.41, 5.74) is 1.85. The van der Waals surface area contributed by atoms with E-state index >= 15 is 0 Å². The van der Waals surface area contributed by atoms with E-state index < -0.39 is 0 Å². The second-order valence-electron chi connectivity index (χ2n) is 6.86. The van der Waals surface area contributed by atoms with Gasteiger partial charge in [0.05, 0.1) is 0 Å². The molecule has 5 heteroatoms. The van der Waals surface area contributed by atoms with Crippen LogP contribution in [0.15, 0.2) is 47.3 Å². The Morgan fingerprint density at radius 1 is 1.13 bits per heavy atom. The van der Waals surface area contributed by atoms with Gasteiger partial charge in [-0.15, -0.1) is 0 Å². The Morgan fingerprint density at radius 3 is 2.48 bits per heavy atom. The van der Waals surface area contributed by atoms with E-state index in [-0.39, 0.29) is 11.5 Å². The Balaban J connectivity index is 1.38. The summed E-state index contributed by atoms with van der Waals surface area (Å²) in [7, 11) is 1.56. The Kier molecular flexibility index (Phi) is 3.11. The van der Waals surface area contributed by atoms with Crippen molar-refractivity contribution in [3.63, 3.8) is 0 Å². The summed E-state index contributed by atoms with van der Waals surface area (Å²) >= 11 is 0. The van der Waals surface area contributed by atoms with E-state index in [2.05, 4.69) is 29.4 Å². The molecule has 2 fully saturated rings. The maximum absolute atomic E-state index is 12.4. The average Bonchev–Trinajstić information content (AvgIpc) is 2.48. The molecule has 2 heterocycles. The highest BCUT2D eigenvalue weighted by Crippen LogP contribution is 2.56. The number of carbonyl (C=O) groups is 1. The summed E-state index contributed by atoms with van der Waals surface area (Å²) in [4.78, 5) is 25.6. The van der Waals surface area contributed by atoms with Crippen molar-refractivity contribution in [2.24, 2.45) is 12.5 Å². The first-order valence-electron chi connectivity index (χ1n) is 7.95. The first-order chi connectivity index (χ1) is 11.1. The molecule has 2 aliphatic rings. The van der Waals surface area contributed by atoms with Crippen LogP contribution in [0.5, 0.6) is 0 Å². The van der Waals surface area contributed by atoms with E-state index in [0.29, 0.717) is 17.0 Å². The molecule has 23 heavy (non-hydrogen) atoms. The lowest BCUT2D eigenvalue weighted by atomic mass is 9.56. The van der Waals surface area contributed by atoms with E-state index in [9.17, 15) is 9.59 Å². The van der Waals surface area contributed by atoms with Crippen molar-refractivity contribution in [1.82, 2.24) is 14.7 Å². The van der Waals surface area contributed by atoms with Gasteiger partial charge in [-0.25, -0.2) is 4.68 Å². The first kappa shape index (κ1) is 14.2. The number of nitrogens with zero attached hydrogens (tertiary/aromatic N) is 3. The summed E-state index contributed by atoms with van der Waals surface area (Å²) in [5, 5.41) is 4.04. The maximum atomic E-state index is 12.4. The van der Waals surface area contributed by atoms with Crippen molar-refractivity contribution in [3.05, 3.63) is 64.1 Å². The van der Waals surface area contributed by atoms with Crippen LogP contribution in [0.25, 0.3) is 0 Å². The normalized spacial score (nSPS) is 19.3. The van der Waals surface area contributed by atoms with Crippen molar-refractivity contribution in [3.8, 4) is 0 Å². The van der Waals surface area contributed by atoms with E-state index in [1.54, 1.807) is 7.05 Å². The van der Waals surface area contributed by atoms with Gasteiger partial charge in [0.1, 0.15) is 5.69 Å². The molecule has 0 unspecified atom stereocenters. The van der Waals surface area contributed by atoms with Crippen LogP contribution in [0, 0.1) is 5.41 Å². The van der Waals surface area contributed by atoms with Crippen molar-refractivity contribution in [2.75, 3.05) is 13.1 Å². The zero-order chi connectivity index (χ0) is 16.0. The molecule has 1 aromatic carbocycles. The van der Waals surface area contributed by atoms with Gasteiger partial charge < -0.3 is 4.90 Å². The summed E-state index contributed by atoms with van der Waals surface area (Å²) < 4.78 is 1.21. The van der Waals surface area contributed by atoms with Gasteiger partial charge in [0.25, 0.3) is 11.5 Å². The Hall–Kier alpha value is -2.43. The lowest BCUT2D eigenvalue weighted by Gasteiger charge is -2.59. The van der Waals surface area contributed by atoms with Crippen LogP contribution in [0.3, 0.4) is 0 Å². The second-order valence-corrected chi connectivity index (χ2v) is 6.86. The number of benzene rings is 1. The van der Waals surface area contributed by atoms with Gasteiger partial charge in [-0.3, -0.25) is 9.59 Å². The minimum atomic E-state index is -0.202. The number of carbonyl (C=O) groups excluding carboxylic acids is 1. The Morgan fingerprint density at radius 2 is 1.83 bits per heavy atom. The molecule has 1 aliphatic heterocycles. The summed E-state index contributed by atoms with van der Waals surface area (Å²) in [5.74, 6) is 0.554. The highest BCUT2D eigenvalue weighted by Gasteiger charge is 2.53. The summed E-state index contributed by atoms with van der Waals surface area (Å²) in [6, 6.07) is 13.5. The number of amides is 1. The monoisotopic (exact) mass is 309 g/mol. The summed E-state index contributed by atoms with van der Waals surface area (Å²) in [6.45, 7) is 1.61. The molecular weight excluding hydrogens is 290 g/mol. The lowest BCUT2D eigenvalue weighted by molar-refractivity contribution is -0.0557. The molecule has 0 bridgehead atoms. The maximum Gasteiger partial charge on any atom is 0.274 e. The molecule has 0 N–H and O–H groups in total. The number of likely N-dealkylation sites (tertiary alicyclic amines) is 1. The van der Waals surface area contributed by atoms with E-state index in [1.807, 2.05) is 11.0 Å². The van der Waals surface area contributed by atoms with Crippen molar-refractivity contribution in [2.45, 2.75) is 18.8 Å². The van der Waals surface area contributed by atoms with Gasteiger partial charge in [-0.1, -0.05) is 30.3 Å². The van der Waals surface area contributed by atoms with Crippen LogP contribution < -0.4 is 5.56 Å². The minimum absolute atomic E-state index is 0.0746. The smallest absolute Gasteiger partial charge is 0.274 e.